The molecule has 0 heterocycles. The highest BCUT2D eigenvalue weighted by molar-refractivity contribution is 6.40. The standard InChI is InChI=1S/C11H17NO4/c1-2-3-4-6-9(13)11(16)12-8-5-7-10(14)15/h4,6H,2-3,5,7-8H2,1H3,(H,12,16)(H,14,15). The fourth-order valence-electron chi connectivity index (χ4n) is 0.961. The molecule has 0 atom stereocenters. The Bertz CT molecular complexity index is 284. The van der Waals surface area contributed by atoms with Gasteiger partial charge in [-0.1, -0.05) is 19.4 Å². The number of hydrogen-bond acceptors (Lipinski definition) is 3. The maximum Gasteiger partial charge on any atom is 0.303 e. The van der Waals surface area contributed by atoms with Crippen LogP contribution in [0.5, 0.6) is 0 Å². The van der Waals surface area contributed by atoms with Gasteiger partial charge in [0.2, 0.25) is 5.78 Å². The highest BCUT2D eigenvalue weighted by Gasteiger charge is 2.08. The number of hydrogen-bond donors (Lipinski definition) is 2. The number of rotatable bonds is 8. The van der Waals surface area contributed by atoms with E-state index >= 15 is 0 Å². The second-order valence-electron chi connectivity index (χ2n) is 3.31. The number of carbonyl (C=O) groups is 3. The van der Waals surface area contributed by atoms with Crippen LogP contribution in [-0.2, 0) is 14.4 Å². The van der Waals surface area contributed by atoms with E-state index in [1.54, 1.807) is 6.08 Å². The van der Waals surface area contributed by atoms with Crippen LogP contribution in [0.25, 0.3) is 0 Å². The zero-order valence-electron chi connectivity index (χ0n) is 9.36. The van der Waals surface area contributed by atoms with Crippen LogP contribution in [0.4, 0.5) is 0 Å². The van der Waals surface area contributed by atoms with E-state index in [1.807, 2.05) is 6.92 Å². The number of ketones is 1. The van der Waals surface area contributed by atoms with Gasteiger partial charge in [0, 0.05) is 13.0 Å². The largest absolute Gasteiger partial charge is 0.481 e. The third-order valence-corrected chi connectivity index (χ3v) is 1.80. The molecule has 0 saturated heterocycles. The minimum atomic E-state index is -0.914. The van der Waals surface area contributed by atoms with Gasteiger partial charge in [0.05, 0.1) is 0 Å². The van der Waals surface area contributed by atoms with Gasteiger partial charge in [-0.25, -0.2) is 0 Å². The molecule has 2 N–H and O–H groups in total. The summed E-state index contributed by atoms with van der Waals surface area (Å²) in [5, 5.41) is 10.7. The Hall–Kier alpha value is -1.65. The molecule has 0 aromatic carbocycles. The lowest BCUT2D eigenvalue weighted by Crippen LogP contribution is -2.30. The van der Waals surface area contributed by atoms with Crippen molar-refractivity contribution < 1.29 is 19.5 Å². The summed E-state index contributed by atoms with van der Waals surface area (Å²) in [7, 11) is 0. The van der Waals surface area contributed by atoms with Crippen LogP contribution in [0.2, 0.25) is 0 Å². The van der Waals surface area contributed by atoms with E-state index in [0.717, 1.165) is 12.8 Å². The van der Waals surface area contributed by atoms with Crippen molar-refractivity contribution in [3.05, 3.63) is 12.2 Å². The molecular formula is C11H17NO4. The van der Waals surface area contributed by atoms with E-state index in [1.165, 1.54) is 6.08 Å². The fraction of sp³-hybridized carbons (Fsp3) is 0.545. The van der Waals surface area contributed by atoms with Crippen molar-refractivity contribution in [2.45, 2.75) is 32.6 Å². The Kier molecular flexibility index (Phi) is 7.75. The molecule has 0 spiro atoms. The lowest BCUT2D eigenvalue weighted by Gasteiger charge is -2.00. The van der Waals surface area contributed by atoms with Gasteiger partial charge >= 0.3 is 5.97 Å². The third kappa shape index (κ3) is 7.73. The van der Waals surface area contributed by atoms with E-state index in [9.17, 15) is 14.4 Å². The quantitative estimate of drug-likeness (QED) is 0.366. The van der Waals surface area contributed by atoms with Crippen molar-refractivity contribution in [1.82, 2.24) is 5.32 Å². The van der Waals surface area contributed by atoms with Gasteiger partial charge in [-0.15, -0.1) is 0 Å². The first kappa shape index (κ1) is 14.3. The maximum absolute atomic E-state index is 11.1. The second-order valence-corrected chi connectivity index (χ2v) is 3.31. The second kappa shape index (κ2) is 8.64. The summed E-state index contributed by atoms with van der Waals surface area (Å²) in [4.78, 5) is 32.4. The Labute approximate surface area is 94.5 Å². The molecular weight excluding hydrogens is 210 g/mol. The van der Waals surface area contributed by atoms with E-state index in [-0.39, 0.29) is 13.0 Å². The average molecular weight is 227 g/mol. The molecule has 0 aromatic heterocycles. The zero-order valence-corrected chi connectivity index (χ0v) is 9.36. The first-order valence-corrected chi connectivity index (χ1v) is 5.28. The molecule has 16 heavy (non-hydrogen) atoms. The van der Waals surface area contributed by atoms with Crippen molar-refractivity contribution in [3.8, 4) is 0 Å². The molecule has 0 radical (unpaired) electrons. The molecule has 0 unspecified atom stereocenters. The highest BCUT2D eigenvalue weighted by Crippen LogP contribution is 1.90. The van der Waals surface area contributed by atoms with Gasteiger partial charge in [-0.05, 0) is 18.9 Å². The maximum atomic E-state index is 11.1. The number of unbranched alkanes of at least 4 members (excludes halogenated alkanes) is 1. The smallest absolute Gasteiger partial charge is 0.303 e. The molecule has 0 bridgehead atoms. The molecule has 0 rings (SSSR count). The lowest BCUT2D eigenvalue weighted by molar-refractivity contribution is -0.137. The van der Waals surface area contributed by atoms with E-state index in [0.29, 0.717) is 6.42 Å². The van der Waals surface area contributed by atoms with Gasteiger partial charge in [0.1, 0.15) is 0 Å². The Balaban J connectivity index is 3.71. The molecule has 0 aromatic rings. The molecule has 0 saturated carbocycles. The van der Waals surface area contributed by atoms with Gasteiger partial charge < -0.3 is 10.4 Å². The third-order valence-electron chi connectivity index (χ3n) is 1.80. The van der Waals surface area contributed by atoms with Crippen LogP contribution < -0.4 is 5.32 Å². The molecule has 5 heteroatoms. The molecule has 0 fully saturated rings. The number of carbonyl (C=O) groups excluding carboxylic acids is 2. The van der Waals surface area contributed by atoms with Crippen molar-refractivity contribution in [1.29, 1.82) is 0 Å². The summed E-state index contributed by atoms with van der Waals surface area (Å²) in [5.74, 6) is -2.19. The SMILES string of the molecule is CCCC=CC(=O)C(=O)NCCCC(=O)O. The van der Waals surface area contributed by atoms with Gasteiger partial charge in [-0.3, -0.25) is 14.4 Å². The van der Waals surface area contributed by atoms with Crippen LogP contribution in [0.15, 0.2) is 12.2 Å². The minimum absolute atomic E-state index is 0.0137. The molecule has 1 amide bonds. The van der Waals surface area contributed by atoms with Crippen molar-refractivity contribution >= 4 is 17.7 Å². The summed E-state index contributed by atoms with van der Waals surface area (Å²) in [6, 6.07) is 0. The van der Waals surface area contributed by atoms with Gasteiger partial charge in [0.25, 0.3) is 5.91 Å². The van der Waals surface area contributed by atoms with E-state index in [4.69, 9.17) is 5.11 Å². The number of carboxylic acid groups (broad SMARTS) is 1. The van der Waals surface area contributed by atoms with Crippen LogP contribution >= 0.6 is 0 Å². The van der Waals surface area contributed by atoms with Crippen LogP contribution in [0.3, 0.4) is 0 Å². The van der Waals surface area contributed by atoms with E-state index < -0.39 is 17.7 Å². The van der Waals surface area contributed by atoms with Crippen molar-refractivity contribution in [2.75, 3.05) is 6.54 Å². The highest BCUT2D eigenvalue weighted by atomic mass is 16.4. The lowest BCUT2D eigenvalue weighted by atomic mass is 10.2. The number of aliphatic carboxylic acids is 1. The Morgan fingerprint density at radius 2 is 2.00 bits per heavy atom. The van der Waals surface area contributed by atoms with Gasteiger partial charge in [-0.2, -0.15) is 0 Å². The van der Waals surface area contributed by atoms with Gasteiger partial charge in [0.15, 0.2) is 0 Å². The Morgan fingerprint density at radius 3 is 2.56 bits per heavy atom. The predicted octanol–water partition coefficient (Wildman–Crippen LogP) is 0.893. The summed E-state index contributed by atoms with van der Waals surface area (Å²) in [6.45, 7) is 2.18. The molecule has 90 valence electrons. The number of nitrogens with one attached hydrogen (secondary N) is 1. The summed E-state index contributed by atoms with van der Waals surface area (Å²) in [5.41, 5.74) is 0. The fourth-order valence-corrected chi connectivity index (χ4v) is 0.961. The topological polar surface area (TPSA) is 83.5 Å². The summed E-state index contributed by atoms with van der Waals surface area (Å²) < 4.78 is 0. The summed E-state index contributed by atoms with van der Waals surface area (Å²) >= 11 is 0. The van der Waals surface area contributed by atoms with Crippen LogP contribution in [0, 0.1) is 0 Å². The first-order valence-electron chi connectivity index (χ1n) is 5.28. The molecule has 0 aliphatic heterocycles. The molecule has 0 aliphatic carbocycles. The number of carboxylic acids is 1. The predicted molar refractivity (Wildman–Crippen MR) is 58.9 cm³/mol. The average Bonchev–Trinajstić information content (AvgIpc) is 2.24. The van der Waals surface area contributed by atoms with Crippen LogP contribution in [0.1, 0.15) is 32.6 Å². The van der Waals surface area contributed by atoms with Crippen molar-refractivity contribution in [3.63, 3.8) is 0 Å². The summed E-state index contributed by atoms with van der Waals surface area (Å²) in [6.07, 6.45) is 4.89. The zero-order chi connectivity index (χ0) is 12.4. The minimum Gasteiger partial charge on any atom is -0.481 e. The normalized spacial score (nSPS) is 10.3. The van der Waals surface area contributed by atoms with Crippen molar-refractivity contribution in [2.24, 2.45) is 0 Å². The molecule has 5 nitrogen and oxygen atoms in total. The molecule has 0 aliphatic rings. The first-order chi connectivity index (χ1) is 7.57. The van der Waals surface area contributed by atoms with Crippen LogP contribution in [-0.4, -0.2) is 29.3 Å². The number of allylic oxidation sites excluding steroid dienone is 1. The monoisotopic (exact) mass is 227 g/mol. The number of amides is 1. The Morgan fingerprint density at radius 1 is 1.31 bits per heavy atom. The van der Waals surface area contributed by atoms with E-state index in [2.05, 4.69) is 5.32 Å².